The fraction of sp³-hybridized carbons (Fsp3) is 0.500. The maximum Gasteiger partial charge on any atom is 0.204 e. The molecule has 1 saturated heterocycles. The average Bonchev–Trinajstić information content (AvgIpc) is 2.76. The Bertz CT molecular complexity index is 768. The van der Waals surface area contributed by atoms with E-state index < -0.39 is 11.6 Å². The topological polar surface area (TPSA) is 27.7 Å². The third kappa shape index (κ3) is 5.69. The van der Waals surface area contributed by atoms with E-state index in [1.54, 1.807) is 6.92 Å². The molecule has 1 heterocycles. The molecule has 2 unspecified atom stereocenters. The van der Waals surface area contributed by atoms with Gasteiger partial charge in [-0.25, -0.2) is 0 Å². The van der Waals surface area contributed by atoms with E-state index in [2.05, 4.69) is 31.2 Å². The molecule has 5 heteroatoms. The average molecular weight is 404 g/mol. The van der Waals surface area contributed by atoms with Gasteiger partial charge in [-0.3, -0.25) is 0 Å². The third-order valence-electron chi connectivity index (χ3n) is 5.33. The van der Waals surface area contributed by atoms with Gasteiger partial charge in [0.15, 0.2) is 11.5 Å². The molecule has 0 aromatic heterocycles. The molecule has 0 bridgehead atoms. The molecule has 2 aromatic carbocycles. The van der Waals surface area contributed by atoms with E-state index in [0.29, 0.717) is 13.2 Å². The Morgan fingerprint density at radius 1 is 0.931 bits per heavy atom. The SMILES string of the molecule is CCCCc1ccc(C2CCC(COc3ccc(OCC)c(F)c3F)CO2)cc1. The standard InChI is InChI=1S/C24H30F2O3/c1-3-5-6-17-7-10-19(11-8-17)20-12-9-18(15-28-20)16-29-22-14-13-21(27-4-2)23(25)24(22)26/h7-8,10-11,13-14,18,20H,3-6,9,12,15-16H2,1-2H3. The molecule has 0 N–H and O–H groups in total. The third-order valence-corrected chi connectivity index (χ3v) is 5.33. The van der Waals surface area contributed by atoms with Gasteiger partial charge < -0.3 is 14.2 Å². The van der Waals surface area contributed by atoms with E-state index in [1.807, 2.05) is 0 Å². The predicted molar refractivity (Wildman–Crippen MR) is 109 cm³/mol. The number of aryl methyl sites for hydroxylation is 1. The summed E-state index contributed by atoms with van der Waals surface area (Å²) in [5.74, 6) is -2.04. The van der Waals surface area contributed by atoms with Crippen molar-refractivity contribution in [3.8, 4) is 11.5 Å². The smallest absolute Gasteiger partial charge is 0.204 e. The van der Waals surface area contributed by atoms with Crippen molar-refractivity contribution in [3.05, 3.63) is 59.2 Å². The fourth-order valence-electron chi connectivity index (χ4n) is 3.58. The number of ether oxygens (including phenoxy) is 3. The molecular weight excluding hydrogens is 374 g/mol. The van der Waals surface area contributed by atoms with Crippen molar-refractivity contribution in [3.63, 3.8) is 0 Å². The summed E-state index contributed by atoms with van der Waals surface area (Å²) in [7, 11) is 0. The minimum absolute atomic E-state index is 0.0873. The molecular formula is C24H30F2O3. The molecule has 0 spiro atoms. The summed E-state index contributed by atoms with van der Waals surface area (Å²) in [6.45, 7) is 5.04. The van der Waals surface area contributed by atoms with Crippen molar-refractivity contribution in [2.24, 2.45) is 5.92 Å². The van der Waals surface area contributed by atoms with Gasteiger partial charge in [0.25, 0.3) is 0 Å². The van der Waals surface area contributed by atoms with E-state index in [4.69, 9.17) is 14.2 Å². The first-order valence-corrected chi connectivity index (χ1v) is 10.6. The molecule has 2 aromatic rings. The summed E-state index contributed by atoms with van der Waals surface area (Å²) in [4.78, 5) is 0. The van der Waals surface area contributed by atoms with Crippen molar-refractivity contribution >= 4 is 0 Å². The van der Waals surface area contributed by atoms with Crippen molar-refractivity contribution < 1.29 is 23.0 Å². The summed E-state index contributed by atoms with van der Waals surface area (Å²) < 4.78 is 44.7. The number of hydrogen-bond acceptors (Lipinski definition) is 3. The molecule has 29 heavy (non-hydrogen) atoms. The van der Waals surface area contributed by atoms with Crippen molar-refractivity contribution in [1.29, 1.82) is 0 Å². The van der Waals surface area contributed by atoms with Crippen LogP contribution in [0, 0.1) is 17.6 Å². The van der Waals surface area contributed by atoms with E-state index in [1.165, 1.54) is 36.1 Å². The van der Waals surface area contributed by atoms with E-state index in [0.717, 1.165) is 19.3 Å². The van der Waals surface area contributed by atoms with E-state index in [-0.39, 0.29) is 30.1 Å². The molecule has 2 atom stereocenters. The van der Waals surface area contributed by atoms with Crippen molar-refractivity contribution in [2.45, 2.75) is 52.1 Å². The van der Waals surface area contributed by atoms with Crippen molar-refractivity contribution in [2.75, 3.05) is 19.8 Å². The maximum absolute atomic E-state index is 14.1. The number of unbranched alkanes of at least 4 members (excludes halogenated alkanes) is 1. The van der Waals surface area contributed by atoms with Crippen LogP contribution in [0.1, 0.15) is 56.8 Å². The van der Waals surface area contributed by atoms with E-state index in [9.17, 15) is 8.78 Å². The highest BCUT2D eigenvalue weighted by Crippen LogP contribution is 2.32. The van der Waals surface area contributed by atoms with Crippen LogP contribution in [0.3, 0.4) is 0 Å². The second kappa shape index (κ2) is 10.6. The first kappa shape index (κ1) is 21.6. The number of benzene rings is 2. The van der Waals surface area contributed by atoms with Gasteiger partial charge in [0, 0.05) is 5.92 Å². The molecule has 0 aliphatic carbocycles. The summed E-state index contributed by atoms with van der Waals surface area (Å²) in [5, 5.41) is 0. The van der Waals surface area contributed by atoms with Gasteiger partial charge in [-0.15, -0.1) is 0 Å². The van der Waals surface area contributed by atoms with Gasteiger partial charge in [-0.2, -0.15) is 8.78 Å². The molecule has 3 nitrogen and oxygen atoms in total. The highest BCUT2D eigenvalue weighted by molar-refractivity contribution is 5.35. The maximum atomic E-state index is 14.1. The highest BCUT2D eigenvalue weighted by Gasteiger charge is 2.24. The molecule has 0 saturated carbocycles. The van der Waals surface area contributed by atoms with Gasteiger partial charge in [0.1, 0.15) is 0 Å². The van der Waals surface area contributed by atoms with Crippen LogP contribution in [-0.4, -0.2) is 19.8 Å². The normalized spacial score (nSPS) is 19.2. The summed E-state index contributed by atoms with van der Waals surface area (Å²) in [6.07, 6.45) is 5.42. The van der Waals surface area contributed by atoms with Crippen LogP contribution in [0.5, 0.6) is 11.5 Å². The lowest BCUT2D eigenvalue weighted by molar-refractivity contribution is -0.0289. The molecule has 1 aliphatic heterocycles. The minimum atomic E-state index is -1.01. The lowest BCUT2D eigenvalue weighted by atomic mass is 9.94. The molecule has 158 valence electrons. The van der Waals surface area contributed by atoms with Crippen LogP contribution in [0.4, 0.5) is 8.78 Å². The molecule has 3 rings (SSSR count). The Morgan fingerprint density at radius 2 is 1.62 bits per heavy atom. The second-order valence-corrected chi connectivity index (χ2v) is 7.54. The second-order valence-electron chi connectivity index (χ2n) is 7.54. The van der Waals surface area contributed by atoms with E-state index >= 15 is 0 Å². The van der Waals surface area contributed by atoms with Gasteiger partial charge in [0.05, 0.1) is 25.9 Å². The summed E-state index contributed by atoms with van der Waals surface area (Å²) >= 11 is 0. The van der Waals surface area contributed by atoms with Crippen LogP contribution < -0.4 is 9.47 Å². The lowest BCUT2D eigenvalue weighted by Gasteiger charge is -2.29. The Kier molecular flexibility index (Phi) is 7.87. The molecule has 0 radical (unpaired) electrons. The zero-order valence-electron chi connectivity index (χ0n) is 17.3. The number of hydrogen-bond donors (Lipinski definition) is 0. The Balaban J connectivity index is 1.48. The predicted octanol–water partition coefficient (Wildman–Crippen LogP) is 6.25. The summed E-state index contributed by atoms with van der Waals surface area (Å²) in [5.41, 5.74) is 2.56. The first-order valence-electron chi connectivity index (χ1n) is 10.6. The van der Waals surface area contributed by atoms with Crippen LogP contribution in [0.15, 0.2) is 36.4 Å². The van der Waals surface area contributed by atoms with Gasteiger partial charge in [-0.1, -0.05) is 37.6 Å². The van der Waals surface area contributed by atoms with Crippen LogP contribution in [-0.2, 0) is 11.2 Å². The van der Waals surface area contributed by atoms with Crippen LogP contribution >= 0.6 is 0 Å². The first-order chi connectivity index (χ1) is 14.1. The Hall–Kier alpha value is -2.14. The lowest BCUT2D eigenvalue weighted by Crippen LogP contribution is -2.25. The Labute approximate surface area is 172 Å². The zero-order chi connectivity index (χ0) is 20.6. The largest absolute Gasteiger partial charge is 0.491 e. The number of halogens is 2. The van der Waals surface area contributed by atoms with Gasteiger partial charge in [0.2, 0.25) is 11.6 Å². The quantitative estimate of drug-likeness (QED) is 0.494. The number of rotatable bonds is 9. The Morgan fingerprint density at radius 3 is 2.21 bits per heavy atom. The zero-order valence-corrected chi connectivity index (χ0v) is 17.3. The molecule has 0 amide bonds. The van der Waals surface area contributed by atoms with Gasteiger partial charge in [-0.05, 0) is 55.9 Å². The fourth-order valence-corrected chi connectivity index (χ4v) is 3.58. The molecule has 1 aliphatic rings. The van der Waals surface area contributed by atoms with Gasteiger partial charge >= 0.3 is 0 Å². The minimum Gasteiger partial charge on any atom is -0.491 e. The van der Waals surface area contributed by atoms with Crippen molar-refractivity contribution in [1.82, 2.24) is 0 Å². The van der Waals surface area contributed by atoms with Crippen LogP contribution in [0.25, 0.3) is 0 Å². The highest BCUT2D eigenvalue weighted by atomic mass is 19.2. The molecule has 1 fully saturated rings. The summed E-state index contributed by atoms with van der Waals surface area (Å²) in [6, 6.07) is 11.5. The monoisotopic (exact) mass is 404 g/mol. The van der Waals surface area contributed by atoms with Crippen LogP contribution in [0.2, 0.25) is 0 Å².